The molecule has 0 N–H and O–H groups in total. The van der Waals surface area contributed by atoms with E-state index in [0.717, 1.165) is 25.4 Å². The van der Waals surface area contributed by atoms with Crippen LogP contribution in [0.25, 0.3) is 0 Å². The average Bonchev–Trinajstić information content (AvgIpc) is 2.65. The van der Waals surface area contributed by atoms with E-state index in [9.17, 15) is 4.79 Å². The van der Waals surface area contributed by atoms with Crippen LogP contribution < -0.4 is 0 Å². The molecule has 1 aliphatic heterocycles. The van der Waals surface area contributed by atoms with Crippen LogP contribution in [0.5, 0.6) is 0 Å². The minimum absolute atomic E-state index is 0.114. The van der Waals surface area contributed by atoms with Gasteiger partial charge in [-0.15, -0.1) is 0 Å². The third-order valence-electron chi connectivity index (χ3n) is 2.97. The van der Waals surface area contributed by atoms with Crippen LogP contribution in [0, 0.1) is 0 Å². The van der Waals surface area contributed by atoms with Gasteiger partial charge in [0.25, 0.3) is 0 Å². The molecule has 1 aromatic heterocycles. The summed E-state index contributed by atoms with van der Waals surface area (Å²) in [5, 5.41) is 0. The predicted molar refractivity (Wildman–Crippen MR) is 60.4 cm³/mol. The van der Waals surface area contributed by atoms with E-state index in [0.29, 0.717) is 18.1 Å². The Balaban J connectivity index is 2.03. The second-order valence-corrected chi connectivity index (χ2v) is 4.64. The van der Waals surface area contributed by atoms with Crippen molar-refractivity contribution < 1.29 is 9.21 Å². The number of nitrogens with zero attached hydrogens (tertiary/aromatic N) is 2. The molecule has 2 heterocycles. The van der Waals surface area contributed by atoms with Gasteiger partial charge in [-0.1, -0.05) is 0 Å². The van der Waals surface area contributed by atoms with Crippen molar-refractivity contribution in [1.82, 2.24) is 9.88 Å². The molecule has 0 bridgehead atoms. The summed E-state index contributed by atoms with van der Waals surface area (Å²) in [7, 11) is 2.12. The summed E-state index contributed by atoms with van der Waals surface area (Å²) in [5.41, 5.74) is 0. The number of aromatic nitrogens is 1. The van der Waals surface area contributed by atoms with Gasteiger partial charge >= 0.3 is 0 Å². The van der Waals surface area contributed by atoms with Gasteiger partial charge < -0.3 is 9.32 Å². The van der Waals surface area contributed by atoms with Gasteiger partial charge in [-0.25, -0.2) is 4.98 Å². The van der Waals surface area contributed by atoms with Crippen molar-refractivity contribution in [3.8, 4) is 0 Å². The lowest BCUT2D eigenvalue weighted by Crippen LogP contribution is -2.30. The number of hydrogen-bond donors (Lipinski definition) is 0. The zero-order valence-electron chi connectivity index (χ0n) is 9.90. The van der Waals surface area contributed by atoms with Gasteiger partial charge in [0.15, 0.2) is 5.89 Å². The second kappa shape index (κ2) is 4.78. The molecule has 1 aliphatic rings. The van der Waals surface area contributed by atoms with Crippen LogP contribution in [0.2, 0.25) is 0 Å². The lowest BCUT2D eigenvalue weighted by atomic mass is 9.99. The van der Waals surface area contributed by atoms with Crippen LogP contribution in [0.3, 0.4) is 0 Å². The van der Waals surface area contributed by atoms with Crippen LogP contribution in [0.4, 0.5) is 0 Å². The Morgan fingerprint density at radius 1 is 1.69 bits per heavy atom. The predicted octanol–water partition coefficient (Wildman–Crippen LogP) is 1.62. The number of carbonyl (C=O) groups is 1. The molecular weight excluding hydrogens is 204 g/mol. The highest BCUT2D eigenvalue weighted by Gasteiger charge is 2.23. The number of hydrogen-bond acceptors (Lipinski definition) is 4. The fourth-order valence-electron chi connectivity index (χ4n) is 2.21. The molecule has 0 amide bonds. The molecule has 0 radical (unpaired) electrons. The van der Waals surface area contributed by atoms with Crippen LogP contribution in [-0.2, 0) is 11.2 Å². The van der Waals surface area contributed by atoms with E-state index in [2.05, 4.69) is 16.9 Å². The van der Waals surface area contributed by atoms with Crippen molar-refractivity contribution in [2.45, 2.75) is 32.1 Å². The van der Waals surface area contributed by atoms with Crippen molar-refractivity contribution in [3.05, 3.63) is 17.8 Å². The van der Waals surface area contributed by atoms with E-state index in [1.165, 1.54) is 6.42 Å². The Hall–Kier alpha value is -1.16. The minimum Gasteiger partial charge on any atom is -0.445 e. The number of likely N-dealkylation sites (tertiary alicyclic amines) is 1. The van der Waals surface area contributed by atoms with Gasteiger partial charge in [0.05, 0.1) is 12.6 Å². The molecule has 0 aromatic carbocycles. The molecule has 1 atom stereocenters. The standard InChI is InChI=1S/C12H18N2O2/c1-9(15)6-11-7-13-12(16-11)10-4-3-5-14(2)8-10/h7,10H,3-6,8H2,1-2H3. The zero-order chi connectivity index (χ0) is 11.5. The summed E-state index contributed by atoms with van der Waals surface area (Å²) in [5.74, 6) is 1.99. The summed E-state index contributed by atoms with van der Waals surface area (Å²) >= 11 is 0. The molecule has 4 heteroatoms. The van der Waals surface area contributed by atoms with E-state index in [4.69, 9.17) is 4.42 Å². The van der Waals surface area contributed by atoms with Gasteiger partial charge in [-0.3, -0.25) is 4.79 Å². The summed E-state index contributed by atoms with van der Waals surface area (Å²) in [6.07, 6.45) is 4.36. The molecule has 1 unspecified atom stereocenters. The summed E-state index contributed by atoms with van der Waals surface area (Å²) in [6, 6.07) is 0. The number of carbonyl (C=O) groups excluding carboxylic acids is 1. The fraction of sp³-hybridized carbons (Fsp3) is 0.667. The highest BCUT2D eigenvalue weighted by molar-refractivity contribution is 5.77. The lowest BCUT2D eigenvalue weighted by molar-refractivity contribution is -0.116. The molecule has 1 aromatic rings. The molecule has 4 nitrogen and oxygen atoms in total. The van der Waals surface area contributed by atoms with Crippen LogP contribution in [-0.4, -0.2) is 35.8 Å². The highest BCUT2D eigenvalue weighted by atomic mass is 16.4. The van der Waals surface area contributed by atoms with Gasteiger partial charge in [-0.2, -0.15) is 0 Å². The largest absolute Gasteiger partial charge is 0.445 e. The SMILES string of the molecule is CC(=O)Cc1cnc(C2CCCN(C)C2)o1. The molecule has 16 heavy (non-hydrogen) atoms. The van der Waals surface area contributed by atoms with Crippen LogP contribution in [0.15, 0.2) is 10.6 Å². The van der Waals surface area contributed by atoms with Crippen molar-refractivity contribution in [2.24, 2.45) is 0 Å². The molecule has 0 aliphatic carbocycles. The van der Waals surface area contributed by atoms with Gasteiger partial charge in [0, 0.05) is 12.5 Å². The first-order valence-corrected chi connectivity index (χ1v) is 5.77. The van der Waals surface area contributed by atoms with Crippen molar-refractivity contribution in [1.29, 1.82) is 0 Å². The zero-order valence-corrected chi connectivity index (χ0v) is 9.90. The molecule has 1 fully saturated rings. The number of piperidine rings is 1. The Morgan fingerprint density at radius 3 is 3.19 bits per heavy atom. The van der Waals surface area contributed by atoms with E-state index >= 15 is 0 Å². The number of Topliss-reactive ketones (excluding diaryl/α,β-unsaturated/α-hetero) is 1. The first-order valence-electron chi connectivity index (χ1n) is 5.77. The molecule has 2 rings (SSSR count). The quantitative estimate of drug-likeness (QED) is 0.779. The number of ketones is 1. The minimum atomic E-state index is 0.114. The summed E-state index contributed by atoms with van der Waals surface area (Å²) in [4.78, 5) is 17.5. The van der Waals surface area contributed by atoms with Crippen LogP contribution >= 0.6 is 0 Å². The maximum Gasteiger partial charge on any atom is 0.198 e. The maximum absolute atomic E-state index is 11.0. The fourth-order valence-corrected chi connectivity index (χ4v) is 2.21. The Kier molecular flexibility index (Phi) is 3.39. The third-order valence-corrected chi connectivity index (χ3v) is 2.97. The third kappa shape index (κ3) is 2.70. The first kappa shape index (κ1) is 11.3. The number of oxazole rings is 1. The summed E-state index contributed by atoms with van der Waals surface area (Å²) < 4.78 is 5.62. The summed E-state index contributed by atoms with van der Waals surface area (Å²) in [6.45, 7) is 3.72. The Morgan fingerprint density at radius 2 is 2.50 bits per heavy atom. The smallest absolute Gasteiger partial charge is 0.198 e. The van der Waals surface area contributed by atoms with Gasteiger partial charge in [0.2, 0.25) is 0 Å². The average molecular weight is 222 g/mol. The van der Waals surface area contributed by atoms with E-state index in [1.807, 2.05) is 0 Å². The number of likely N-dealkylation sites (N-methyl/N-ethyl adjacent to an activating group) is 1. The molecular formula is C12H18N2O2. The Bertz CT molecular complexity index is 373. The molecule has 0 spiro atoms. The topological polar surface area (TPSA) is 46.3 Å². The van der Waals surface area contributed by atoms with Gasteiger partial charge in [-0.05, 0) is 33.4 Å². The monoisotopic (exact) mass is 222 g/mol. The maximum atomic E-state index is 11.0. The molecule has 88 valence electrons. The van der Waals surface area contributed by atoms with Crippen molar-refractivity contribution in [3.63, 3.8) is 0 Å². The van der Waals surface area contributed by atoms with Crippen LogP contribution in [0.1, 0.15) is 37.3 Å². The molecule has 0 saturated carbocycles. The first-order chi connectivity index (χ1) is 7.65. The normalized spacial score (nSPS) is 22.2. The van der Waals surface area contributed by atoms with E-state index in [1.54, 1.807) is 13.1 Å². The van der Waals surface area contributed by atoms with Crippen molar-refractivity contribution >= 4 is 5.78 Å². The molecule has 1 saturated heterocycles. The second-order valence-electron chi connectivity index (χ2n) is 4.64. The van der Waals surface area contributed by atoms with Crippen molar-refractivity contribution in [2.75, 3.05) is 20.1 Å². The number of rotatable bonds is 3. The van der Waals surface area contributed by atoms with E-state index in [-0.39, 0.29) is 5.78 Å². The lowest BCUT2D eigenvalue weighted by Gasteiger charge is -2.27. The van der Waals surface area contributed by atoms with Gasteiger partial charge in [0.1, 0.15) is 11.5 Å². The Labute approximate surface area is 95.6 Å². The van der Waals surface area contributed by atoms with E-state index < -0.39 is 0 Å². The highest BCUT2D eigenvalue weighted by Crippen LogP contribution is 2.25.